The van der Waals surface area contributed by atoms with Crippen molar-refractivity contribution in [3.8, 4) is 17.6 Å². The van der Waals surface area contributed by atoms with Gasteiger partial charge in [0.2, 0.25) is 0 Å². The Morgan fingerprint density at radius 2 is 2.24 bits per heavy atom. The van der Waals surface area contributed by atoms with Crippen LogP contribution in [0.1, 0.15) is 26.4 Å². The molecule has 0 aliphatic rings. The summed E-state index contributed by atoms with van der Waals surface area (Å²) in [6.07, 6.45) is 0. The predicted octanol–water partition coefficient (Wildman–Crippen LogP) is 2.00. The van der Waals surface area contributed by atoms with E-state index in [2.05, 4.69) is 17.2 Å². The van der Waals surface area contributed by atoms with Crippen LogP contribution in [0.2, 0.25) is 0 Å². The molecule has 0 aliphatic heterocycles. The number of carbonyl (C=O) groups excluding carboxylic acids is 1. The highest BCUT2D eigenvalue weighted by molar-refractivity contribution is 7.10. The number of benzene rings is 1. The lowest BCUT2D eigenvalue weighted by atomic mass is 10.1. The number of nitrogens with one attached hydrogen (secondary N) is 1. The smallest absolute Gasteiger partial charge is 0.255 e. The van der Waals surface area contributed by atoms with Crippen LogP contribution in [0.5, 0.6) is 5.75 Å². The minimum Gasteiger partial charge on any atom is -0.507 e. The molecule has 21 heavy (non-hydrogen) atoms. The van der Waals surface area contributed by atoms with E-state index in [-0.39, 0.29) is 17.2 Å². The van der Waals surface area contributed by atoms with E-state index in [0.717, 1.165) is 16.0 Å². The molecule has 0 fully saturated rings. The molecule has 2 aromatic rings. The van der Waals surface area contributed by atoms with Gasteiger partial charge in [-0.3, -0.25) is 4.79 Å². The van der Waals surface area contributed by atoms with Crippen molar-refractivity contribution in [1.29, 1.82) is 0 Å². The molecule has 4 N–H and O–H groups in total. The molecule has 0 unspecified atom stereocenters. The third-order valence-electron chi connectivity index (χ3n) is 2.88. The van der Waals surface area contributed by atoms with E-state index in [1.165, 1.54) is 11.3 Å². The fourth-order valence-electron chi connectivity index (χ4n) is 1.82. The van der Waals surface area contributed by atoms with E-state index >= 15 is 0 Å². The van der Waals surface area contributed by atoms with E-state index in [9.17, 15) is 9.90 Å². The fraction of sp³-hybridized carbons (Fsp3) is 0.188. The molecule has 0 atom stereocenters. The lowest BCUT2D eigenvalue weighted by Gasteiger charge is -2.07. The first-order valence-corrected chi connectivity index (χ1v) is 7.33. The average Bonchev–Trinajstić information content (AvgIpc) is 2.90. The van der Waals surface area contributed by atoms with E-state index in [1.807, 2.05) is 18.4 Å². The Hall–Kier alpha value is -2.29. The number of amides is 1. The maximum Gasteiger partial charge on any atom is 0.255 e. The highest BCUT2D eigenvalue weighted by atomic mass is 32.1. The molecular weight excluding hydrogens is 284 g/mol. The highest BCUT2D eigenvalue weighted by Crippen LogP contribution is 2.19. The SMILES string of the molecule is Cc1ccc(C(=O)NCc2sccc2C#CCN)c(O)c1. The minimum absolute atomic E-state index is 0.0122. The molecule has 108 valence electrons. The Bertz CT molecular complexity index is 711. The van der Waals surface area contributed by atoms with Crippen LogP contribution >= 0.6 is 11.3 Å². The van der Waals surface area contributed by atoms with Crippen molar-refractivity contribution in [2.24, 2.45) is 5.73 Å². The van der Waals surface area contributed by atoms with Crippen molar-refractivity contribution in [2.75, 3.05) is 6.54 Å². The van der Waals surface area contributed by atoms with Crippen LogP contribution in [0, 0.1) is 18.8 Å². The maximum atomic E-state index is 12.1. The normalized spacial score (nSPS) is 9.81. The molecule has 4 nitrogen and oxygen atoms in total. The number of aromatic hydroxyl groups is 1. The summed E-state index contributed by atoms with van der Waals surface area (Å²) in [7, 11) is 0. The summed E-state index contributed by atoms with van der Waals surface area (Å²) < 4.78 is 0. The van der Waals surface area contributed by atoms with E-state index in [4.69, 9.17) is 5.73 Å². The van der Waals surface area contributed by atoms with Gasteiger partial charge in [0, 0.05) is 10.4 Å². The van der Waals surface area contributed by atoms with Gasteiger partial charge in [-0.15, -0.1) is 11.3 Å². The molecule has 5 heteroatoms. The molecule has 1 aromatic carbocycles. The second kappa shape index (κ2) is 6.93. The number of hydrogen-bond donors (Lipinski definition) is 3. The summed E-state index contributed by atoms with van der Waals surface area (Å²) in [6.45, 7) is 2.53. The predicted molar refractivity (Wildman–Crippen MR) is 84.3 cm³/mol. The molecule has 0 saturated carbocycles. The molecule has 0 aliphatic carbocycles. The molecule has 0 bridgehead atoms. The monoisotopic (exact) mass is 300 g/mol. The molecule has 0 radical (unpaired) electrons. The lowest BCUT2D eigenvalue weighted by Crippen LogP contribution is -2.22. The van der Waals surface area contributed by atoms with Gasteiger partial charge in [-0.05, 0) is 36.1 Å². The summed E-state index contributed by atoms with van der Waals surface area (Å²) in [5.74, 6) is 5.45. The minimum atomic E-state index is -0.307. The van der Waals surface area contributed by atoms with Crippen LogP contribution in [0.25, 0.3) is 0 Å². The Balaban J connectivity index is 2.06. The number of aryl methyl sites for hydroxylation is 1. The maximum absolute atomic E-state index is 12.1. The molecule has 1 heterocycles. The van der Waals surface area contributed by atoms with Gasteiger partial charge in [0.25, 0.3) is 5.91 Å². The largest absolute Gasteiger partial charge is 0.507 e. The lowest BCUT2D eigenvalue weighted by molar-refractivity contribution is 0.0948. The topological polar surface area (TPSA) is 75.4 Å². The van der Waals surface area contributed by atoms with Gasteiger partial charge in [-0.25, -0.2) is 0 Å². The third-order valence-corrected chi connectivity index (χ3v) is 3.80. The zero-order chi connectivity index (χ0) is 15.2. The van der Waals surface area contributed by atoms with Gasteiger partial charge in [0.1, 0.15) is 5.75 Å². The second-order valence-corrected chi connectivity index (χ2v) is 5.47. The number of thiophene rings is 1. The fourth-order valence-corrected chi connectivity index (χ4v) is 2.59. The zero-order valence-electron chi connectivity index (χ0n) is 11.6. The Kier molecular flexibility index (Phi) is 4.99. The van der Waals surface area contributed by atoms with Crippen molar-refractivity contribution < 1.29 is 9.90 Å². The van der Waals surface area contributed by atoms with Gasteiger partial charge in [-0.2, -0.15) is 0 Å². The van der Waals surface area contributed by atoms with E-state index < -0.39 is 0 Å². The quantitative estimate of drug-likeness (QED) is 0.759. The Morgan fingerprint density at radius 1 is 1.43 bits per heavy atom. The van der Waals surface area contributed by atoms with Crippen molar-refractivity contribution in [3.05, 3.63) is 51.2 Å². The highest BCUT2D eigenvalue weighted by Gasteiger charge is 2.11. The Morgan fingerprint density at radius 3 is 2.95 bits per heavy atom. The zero-order valence-corrected chi connectivity index (χ0v) is 12.5. The molecule has 1 aromatic heterocycles. The molecule has 2 rings (SSSR count). The van der Waals surface area contributed by atoms with Crippen molar-refractivity contribution >= 4 is 17.2 Å². The summed E-state index contributed by atoms with van der Waals surface area (Å²) in [5, 5.41) is 14.5. The number of phenols is 1. The molecule has 0 saturated heterocycles. The first-order valence-electron chi connectivity index (χ1n) is 6.45. The first-order chi connectivity index (χ1) is 10.1. The number of hydrogen-bond acceptors (Lipinski definition) is 4. The number of rotatable bonds is 3. The van der Waals surface area contributed by atoms with E-state index in [1.54, 1.807) is 18.2 Å². The number of phenolic OH excluding ortho intramolecular Hbond substituents is 1. The summed E-state index contributed by atoms with van der Waals surface area (Å²) in [6, 6.07) is 6.87. The van der Waals surface area contributed by atoms with Crippen LogP contribution in [0.4, 0.5) is 0 Å². The van der Waals surface area contributed by atoms with E-state index in [0.29, 0.717) is 13.1 Å². The van der Waals surface area contributed by atoms with Crippen LogP contribution in [0.15, 0.2) is 29.6 Å². The van der Waals surface area contributed by atoms with Gasteiger partial charge in [0.05, 0.1) is 18.7 Å². The van der Waals surface area contributed by atoms with Gasteiger partial charge in [-0.1, -0.05) is 17.9 Å². The molecule has 1 amide bonds. The Labute approximate surface area is 127 Å². The first kappa shape index (κ1) is 15.1. The van der Waals surface area contributed by atoms with Crippen molar-refractivity contribution in [3.63, 3.8) is 0 Å². The third kappa shape index (κ3) is 3.85. The van der Waals surface area contributed by atoms with Crippen LogP contribution < -0.4 is 11.1 Å². The van der Waals surface area contributed by atoms with Crippen LogP contribution in [-0.2, 0) is 6.54 Å². The summed E-state index contributed by atoms with van der Waals surface area (Å²) >= 11 is 1.52. The molecular formula is C16H16N2O2S. The second-order valence-electron chi connectivity index (χ2n) is 4.47. The van der Waals surface area contributed by atoms with Crippen LogP contribution in [-0.4, -0.2) is 17.6 Å². The van der Waals surface area contributed by atoms with Gasteiger partial charge < -0.3 is 16.2 Å². The van der Waals surface area contributed by atoms with Crippen molar-refractivity contribution in [1.82, 2.24) is 5.32 Å². The van der Waals surface area contributed by atoms with Gasteiger partial charge >= 0.3 is 0 Å². The standard InChI is InChI=1S/C16H16N2O2S/c1-11-4-5-13(14(19)9-11)16(20)18-10-15-12(3-2-7-17)6-8-21-15/h4-6,8-9,19H,7,10,17H2,1H3,(H,18,20). The molecule has 0 spiro atoms. The number of nitrogens with two attached hydrogens (primary N) is 1. The van der Waals surface area contributed by atoms with Gasteiger partial charge in [0.15, 0.2) is 0 Å². The van der Waals surface area contributed by atoms with Crippen molar-refractivity contribution in [2.45, 2.75) is 13.5 Å². The summed E-state index contributed by atoms with van der Waals surface area (Å²) in [5.41, 5.74) is 7.40. The van der Waals surface area contributed by atoms with Crippen LogP contribution in [0.3, 0.4) is 0 Å². The number of carbonyl (C=O) groups is 1. The summed E-state index contributed by atoms with van der Waals surface area (Å²) in [4.78, 5) is 13.0. The average molecular weight is 300 g/mol.